The van der Waals surface area contributed by atoms with Gasteiger partial charge in [-0.15, -0.1) is 0 Å². The topological polar surface area (TPSA) is 116 Å². The number of hydrogen-bond donors (Lipinski definition) is 3. The van der Waals surface area contributed by atoms with Gasteiger partial charge in [-0.2, -0.15) is 4.72 Å². The van der Waals surface area contributed by atoms with Crippen molar-refractivity contribution in [1.29, 1.82) is 0 Å². The lowest BCUT2D eigenvalue weighted by Gasteiger charge is -2.12. The molecule has 0 unspecified atom stereocenters. The molecule has 1 heterocycles. The van der Waals surface area contributed by atoms with Gasteiger partial charge in [-0.05, 0) is 13.3 Å². The quantitative estimate of drug-likeness (QED) is 0.696. The monoisotopic (exact) mass is 294 g/mol. The molecule has 0 aliphatic heterocycles. The molecule has 0 radical (unpaired) electrons. The maximum absolute atomic E-state index is 11.9. The number of carbonyl (C=O) groups is 1. The van der Waals surface area contributed by atoms with Gasteiger partial charge in [-0.3, -0.25) is 9.59 Å². The average Bonchev–Trinajstić information content (AvgIpc) is 2.57. The summed E-state index contributed by atoms with van der Waals surface area (Å²) in [6, 6.07) is -1.18. The van der Waals surface area contributed by atoms with Crippen LogP contribution >= 0.6 is 11.3 Å². The Balaban J connectivity index is 3.04. The highest BCUT2D eigenvalue weighted by atomic mass is 32.2. The van der Waals surface area contributed by atoms with E-state index < -0.39 is 26.9 Å². The highest BCUT2D eigenvalue weighted by Gasteiger charge is 2.27. The molecule has 1 rings (SSSR count). The van der Waals surface area contributed by atoms with Crippen molar-refractivity contribution in [3.05, 3.63) is 15.4 Å². The first-order valence-electron chi connectivity index (χ1n) is 5.22. The molecule has 0 aliphatic rings. The molecule has 0 aliphatic carbocycles. The molecule has 3 N–H and O–H groups in total. The lowest BCUT2D eigenvalue weighted by molar-refractivity contribution is -0.139. The smallest absolute Gasteiger partial charge is 0.321 e. The fraction of sp³-hybridized carbons (Fsp3) is 0.556. The van der Waals surface area contributed by atoms with E-state index in [9.17, 15) is 18.0 Å². The van der Waals surface area contributed by atoms with E-state index in [1.807, 2.05) is 0 Å². The van der Waals surface area contributed by atoms with Crippen molar-refractivity contribution in [1.82, 2.24) is 9.71 Å². The molecule has 0 aromatic carbocycles. The Labute approximate surface area is 108 Å². The number of aromatic amines is 1. The van der Waals surface area contributed by atoms with Crippen molar-refractivity contribution in [2.24, 2.45) is 0 Å². The Kier molecular flexibility index (Phi) is 4.65. The number of aromatic nitrogens is 1. The Morgan fingerprint density at radius 3 is 2.56 bits per heavy atom. The zero-order valence-corrected chi connectivity index (χ0v) is 11.5. The van der Waals surface area contributed by atoms with Crippen LogP contribution < -0.4 is 9.60 Å². The van der Waals surface area contributed by atoms with Gasteiger partial charge in [0.1, 0.15) is 6.04 Å². The van der Waals surface area contributed by atoms with Crippen molar-refractivity contribution in [3.8, 4) is 0 Å². The van der Waals surface area contributed by atoms with Gasteiger partial charge in [0.05, 0.1) is 0 Å². The third kappa shape index (κ3) is 3.40. The van der Waals surface area contributed by atoms with Gasteiger partial charge < -0.3 is 10.1 Å². The number of hydrogen-bond acceptors (Lipinski definition) is 5. The lowest BCUT2D eigenvalue weighted by Crippen LogP contribution is -2.40. The predicted molar refractivity (Wildman–Crippen MR) is 66.3 cm³/mol. The van der Waals surface area contributed by atoms with E-state index in [2.05, 4.69) is 9.71 Å². The van der Waals surface area contributed by atoms with Crippen molar-refractivity contribution < 1.29 is 18.3 Å². The Morgan fingerprint density at radius 2 is 2.17 bits per heavy atom. The van der Waals surface area contributed by atoms with Gasteiger partial charge in [0.2, 0.25) is 0 Å². The predicted octanol–water partition coefficient (Wildman–Crippen LogP) is 0.276. The highest BCUT2D eigenvalue weighted by Crippen LogP contribution is 2.16. The van der Waals surface area contributed by atoms with E-state index in [0.29, 0.717) is 17.8 Å². The van der Waals surface area contributed by atoms with E-state index in [4.69, 9.17) is 5.11 Å². The minimum Gasteiger partial charge on any atom is -0.480 e. The van der Waals surface area contributed by atoms with E-state index >= 15 is 0 Å². The summed E-state index contributed by atoms with van der Waals surface area (Å²) in [4.78, 5) is 23.8. The fourth-order valence-corrected chi connectivity index (χ4v) is 3.95. The summed E-state index contributed by atoms with van der Waals surface area (Å²) in [6.07, 6.45) is 0.717. The zero-order valence-electron chi connectivity index (χ0n) is 9.89. The molecule has 0 bridgehead atoms. The van der Waals surface area contributed by atoms with Crippen LogP contribution in [0.5, 0.6) is 0 Å². The normalized spacial score (nSPS) is 13.4. The Morgan fingerprint density at radius 1 is 1.56 bits per heavy atom. The molecule has 1 aromatic rings. The van der Waals surface area contributed by atoms with Crippen LogP contribution in [0.15, 0.2) is 9.00 Å². The standard InChI is InChI=1S/C9H14N2O5S2/c1-3-4-6(7(12)13)11-18(15,16)8-5(2)10-9(14)17-8/h6,11H,3-4H2,1-2H3,(H,10,14)(H,12,13)/t6-/m0/s1. The van der Waals surface area contributed by atoms with Crippen LogP contribution in [0.4, 0.5) is 0 Å². The molecular weight excluding hydrogens is 280 g/mol. The Bertz CT molecular complexity index is 586. The van der Waals surface area contributed by atoms with Crippen molar-refractivity contribution in [3.63, 3.8) is 0 Å². The molecule has 9 heteroatoms. The second kappa shape index (κ2) is 5.63. The zero-order chi connectivity index (χ0) is 13.9. The molecule has 102 valence electrons. The third-order valence-electron chi connectivity index (χ3n) is 2.20. The van der Waals surface area contributed by atoms with Crippen molar-refractivity contribution in [2.75, 3.05) is 0 Å². The van der Waals surface area contributed by atoms with Crippen LogP contribution in [0.25, 0.3) is 0 Å². The summed E-state index contributed by atoms with van der Waals surface area (Å²) >= 11 is 0.539. The van der Waals surface area contributed by atoms with E-state index in [1.165, 1.54) is 6.92 Å². The van der Waals surface area contributed by atoms with Crippen LogP contribution in [0.1, 0.15) is 25.5 Å². The van der Waals surface area contributed by atoms with Crippen molar-refractivity contribution >= 4 is 27.3 Å². The summed E-state index contributed by atoms with van der Waals surface area (Å²) in [5.41, 5.74) is 0.207. The summed E-state index contributed by atoms with van der Waals surface area (Å²) < 4.78 is 25.8. The second-order valence-electron chi connectivity index (χ2n) is 3.73. The van der Waals surface area contributed by atoms with Gasteiger partial charge in [-0.25, -0.2) is 8.42 Å². The first kappa shape index (κ1) is 14.9. The fourth-order valence-electron chi connectivity index (χ4n) is 1.41. The molecule has 0 fully saturated rings. The molecule has 0 saturated heterocycles. The van der Waals surface area contributed by atoms with Crippen LogP contribution in [0.3, 0.4) is 0 Å². The molecule has 1 atom stereocenters. The Hall–Kier alpha value is -1.19. The van der Waals surface area contributed by atoms with Gasteiger partial charge in [-0.1, -0.05) is 24.7 Å². The largest absolute Gasteiger partial charge is 0.480 e. The van der Waals surface area contributed by atoms with E-state index in [1.54, 1.807) is 6.92 Å². The van der Waals surface area contributed by atoms with E-state index in [0.717, 1.165) is 0 Å². The molecule has 18 heavy (non-hydrogen) atoms. The number of aryl methyl sites for hydroxylation is 1. The number of carboxylic acid groups (broad SMARTS) is 1. The molecule has 0 amide bonds. The maximum Gasteiger partial charge on any atom is 0.321 e. The van der Waals surface area contributed by atoms with Gasteiger partial charge in [0.25, 0.3) is 10.0 Å². The highest BCUT2D eigenvalue weighted by molar-refractivity contribution is 7.91. The molecule has 0 spiro atoms. The molecule has 1 aromatic heterocycles. The van der Waals surface area contributed by atoms with Crippen molar-refractivity contribution in [2.45, 2.75) is 36.9 Å². The van der Waals surface area contributed by atoms with Crippen LogP contribution in [-0.4, -0.2) is 30.5 Å². The summed E-state index contributed by atoms with van der Waals surface area (Å²) in [5, 5.41) is 8.90. The van der Waals surface area contributed by atoms with Crippen LogP contribution in [-0.2, 0) is 14.8 Å². The number of rotatable bonds is 6. The SMILES string of the molecule is CCC[C@H](NS(=O)(=O)c1sc(=O)[nH]c1C)C(=O)O. The minimum atomic E-state index is -3.98. The van der Waals surface area contributed by atoms with Gasteiger partial charge in [0.15, 0.2) is 4.21 Å². The molecule has 7 nitrogen and oxygen atoms in total. The lowest BCUT2D eigenvalue weighted by atomic mass is 10.2. The minimum absolute atomic E-state index is 0.171. The van der Waals surface area contributed by atoms with Crippen LogP contribution in [0.2, 0.25) is 0 Å². The maximum atomic E-state index is 11.9. The number of nitrogens with one attached hydrogen (secondary N) is 2. The summed E-state index contributed by atoms with van der Waals surface area (Å²) in [5.74, 6) is -1.24. The molecule has 0 saturated carbocycles. The average molecular weight is 294 g/mol. The number of aliphatic carboxylic acids is 1. The summed E-state index contributed by atoms with van der Waals surface area (Å²) in [6.45, 7) is 3.20. The molecular formula is C9H14N2O5S2. The number of carboxylic acids is 1. The third-order valence-corrected chi connectivity index (χ3v) is 5.27. The van der Waals surface area contributed by atoms with E-state index in [-0.39, 0.29) is 16.3 Å². The number of H-pyrrole nitrogens is 1. The van der Waals surface area contributed by atoms with Crippen LogP contribution in [0, 0.1) is 6.92 Å². The number of thiazole rings is 1. The number of sulfonamides is 1. The van der Waals surface area contributed by atoms with Gasteiger partial charge >= 0.3 is 10.8 Å². The summed E-state index contributed by atoms with van der Waals surface area (Å²) in [7, 11) is -3.98. The van der Waals surface area contributed by atoms with Gasteiger partial charge in [0, 0.05) is 5.69 Å². The first-order valence-corrected chi connectivity index (χ1v) is 7.52. The first-order chi connectivity index (χ1) is 8.27. The second-order valence-corrected chi connectivity index (χ2v) is 6.62.